The lowest BCUT2D eigenvalue weighted by atomic mass is 9.80. The number of benzene rings is 5. The summed E-state index contributed by atoms with van der Waals surface area (Å²) in [6.07, 6.45) is 5.11. The average molecular weight is 803 g/mol. The third kappa shape index (κ3) is 6.31. The molecule has 0 aliphatic carbocycles. The molecular formula is C42H39Cl2N2O8S+. The van der Waals surface area contributed by atoms with Gasteiger partial charge in [0.25, 0.3) is 10.1 Å². The molecule has 3 aliphatic heterocycles. The Labute approximate surface area is 327 Å². The van der Waals surface area contributed by atoms with Gasteiger partial charge in [0.15, 0.2) is 0 Å². The quantitative estimate of drug-likeness (QED) is 0.0959. The van der Waals surface area contributed by atoms with E-state index in [1.165, 1.54) is 0 Å². The summed E-state index contributed by atoms with van der Waals surface area (Å²) >= 11 is 13.9. The lowest BCUT2D eigenvalue weighted by Crippen LogP contribution is -2.41. The van der Waals surface area contributed by atoms with Gasteiger partial charge in [0, 0.05) is 58.8 Å². The van der Waals surface area contributed by atoms with E-state index >= 15 is 0 Å². The molecule has 3 N–H and O–H groups in total. The summed E-state index contributed by atoms with van der Waals surface area (Å²) in [5, 5.41) is 25.4. The van der Waals surface area contributed by atoms with Gasteiger partial charge < -0.3 is 19.8 Å². The Hall–Kier alpha value is -4.68. The second kappa shape index (κ2) is 14.4. The van der Waals surface area contributed by atoms with Crippen LogP contribution in [0, 0.1) is 0 Å². The molecule has 0 radical (unpaired) electrons. The van der Waals surface area contributed by atoms with Crippen LogP contribution in [0.3, 0.4) is 0 Å². The number of ether oxygens (including phenoxy) is 1. The summed E-state index contributed by atoms with van der Waals surface area (Å²) in [7, 11) is -4.17. The van der Waals surface area contributed by atoms with Crippen molar-refractivity contribution in [1.82, 2.24) is 4.58 Å². The molecule has 0 bridgehead atoms. The van der Waals surface area contributed by atoms with Crippen LogP contribution in [0.25, 0.3) is 27.1 Å². The zero-order chi connectivity index (χ0) is 38.8. The third-order valence-electron chi connectivity index (χ3n) is 11.0. The maximum absolute atomic E-state index is 13.3. The van der Waals surface area contributed by atoms with Gasteiger partial charge in [-0.1, -0.05) is 79.0 Å². The molecule has 0 aromatic heterocycles. The number of carbonyl (C=O) groups is 2. The van der Waals surface area contributed by atoms with Crippen LogP contribution in [0.15, 0.2) is 54.6 Å². The number of fused-ring (bicyclic) bond motifs is 12. The molecule has 8 rings (SSSR count). The first-order valence-corrected chi connectivity index (χ1v) is 20.9. The van der Waals surface area contributed by atoms with Crippen molar-refractivity contribution in [3.8, 4) is 11.5 Å². The molecule has 5 aromatic rings. The summed E-state index contributed by atoms with van der Waals surface area (Å²) in [5.41, 5.74) is 3.32. The van der Waals surface area contributed by atoms with E-state index in [2.05, 4.69) is 22.5 Å². The molecule has 13 heteroatoms. The van der Waals surface area contributed by atoms with Gasteiger partial charge in [-0.2, -0.15) is 8.42 Å². The number of rotatable bonds is 10. The molecule has 284 valence electrons. The molecule has 0 spiro atoms. The Bertz CT molecular complexity index is 2730. The molecule has 0 fully saturated rings. The Kier molecular flexibility index (Phi) is 9.78. The Morgan fingerprint density at radius 2 is 1.56 bits per heavy atom. The largest absolute Gasteiger partial charge is 0.478 e. The van der Waals surface area contributed by atoms with Crippen LogP contribution < -0.4 is 24.8 Å². The first-order chi connectivity index (χ1) is 26.4. The molecule has 55 heavy (non-hydrogen) atoms. The van der Waals surface area contributed by atoms with E-state index < -0.39 is 22.1 Å². The highest BCUT2D eigenvalue weighted by molar-refractivity contribution is 7.85. The smallest absolute Gasteiger partial charge is 0.337 e. The number of halogens is 2. The van der Waals surface area contributed by atoms with Crippen molar-refractivity contribution < 1.29 is 37.5 Å². The van der Waals surface area contributed by atoms with Gasteiger partial charge >= 0.3 is 11.9 Å². The van der Waals surface area contributed by atoms with Crippen LogP contribution in [0.5, 0.6) is 11.5 Å². The summed E-state index contributed by atoms with van der Waals surface area (Å²) in [4.78, 5) is 28.4. The number of unbranched alkanes of at least 4 members (excludes halogenated alkanes) is 1. The van der Waals surface area contributed by atoms with Crippen molar-refractivity contribution in [2.45, 2.75) is 51.9 Å². The van der Waals surface area contributed by atoms with Crippen LogP contribution in [-0.2, 0) is 23.0 Å². The molecule has 3 heterocycles. The standard InChI is InChI=1S/C42H38Cl2N2O8S/c1-2-3-17-45-18-8-15-27-37(45)25-13-6-4-11-23(25)31-34(35-33(42(49)50)30(43)22-29(36(35)44)41(47)48)32-24-12-5-7-14-26(24)38-28(40(32)54-39(27)31)16-9-19-46(38)20-10-21-55(51,52)53/h4-7,11-14,22H,2-3,8-10,15-21H2,1H3,(H2-,47,48,49,50,51,52,53)/p+1. The van der Waals surface area contributed by atoms with E-state index in [1.807, 2.05) is 42.5 Å². The lowest BCUT2D eigenvalue weighted by molar-refractivity contribution is 0.0681. The average Bonchev–Trinajstić information content (AvgIpc) is 3.16. The van der Waals surface area contributed by atoms with Gasteiger partial charge in [0.1, 0.15) is 24.6 Å². The normalized spacial score (nSPS) is 15.0. The van der Waals surface area contributed by atoms with Crippen molar-refractivity contribution in [1.29, 1.82) is 0 Å². The number of carboxylic acids is 2. The van der Waals surface area contributed by atoms with Gasteiger partial charge in [-0.25, -0.2) is 14.2 Å². The number of anilines is 1. The van der Waals surface area contributed by atoms with Crippen LogP contribution >= 0.6 is 23.2 Å². The van der Waals surface area contributed by atoms with E-state index in [0.29, 0.717) is 59.2 Å². The van der Waals surface area contributed by atoms with Crippen LogP contribution in [-0.4, -0.2) is 67.1 Å². The van der Waals surface area contributed by atoms with E-state index in [1.54, 1.807) is 0 Å². The Morgan fingerprint density at radius 1 is 0.873 bits per heavy atom. The number of hydrogen-bond donors (Lipinski definition) is 3. The van der Waals surface area contributed by atoms with E-state index in [0.717, 1.165) is 83.2 Å². The van der Waals surface area contributed by atoms with Crippen LogP contribution in [0.4, 0.5) is 5.69 Å². The highest BCUT2D eigenvalue weighted by Crippen LogP contribution is 2.52. The number of hydrogen-bond acceptors (Lipinski definition) is 6. The third-order valence-corrected chi connectivity index (χ3v) is 12.5. The topological polar surface area (TPSA) is 144 Å². The zero-order valence-electron chi connectivity index (χ0n) is 30.1. The van der Waals surface area contributed by atoms with Crippen molar-refractivity contribution >= 4 is 78.1 Å². The number of aromatic carboxylic acids is 2. The van der Waals surface area contributed by atoms with E-state index in [4.69, 9.17) is 27.9 Å². The molecule has 0 saturated carbocycles. The van der Waals surface area contributed by atoms with Crippen LogP contribution in [0.2, 0.25) is 10.0 Å². The molecule has 3 aliphatic rings. The number of nitrogens with zero attached hydrogens (tertiary/aromatic N) is 2. The first kappa shape index (κ1) is 37.3. The van der Waals surface area contributed by atoms with Gasteiger partial charge in [-0.05, 0) is 48.6 Å². The van der Waals surface area contributed by atoms with E-state index in [9.17, 15) is 32.8 Å². The van der Waals surface area contributed by atoms with Gasteiger partial charge in [-0.3, -0.25) is 4.55 Å². The molecule has 5 aromatic carbocycles. The maximum Gasteiger partial charge on any atom is 0.337 e. The fourth-order valence-corrected chi connectivity index (χ4v) is 9.97. The minimum absolute atomic E-state index is 0.000427. The van der Waals surface area contributed by atoms with Crippen molar-refractivity contribution in [2.75, 3.05) is 36.8 Å². The monoisotopic (exact) mass is 801 g/mol. The molecule has 0 unspecified atom stereocenters. The molecule has 0 saturated heterocycles. The number of carboxylic acid groups (broad SMARTS) is 2. The van der Waals surface area contributed by atoms with Gasteiger partial charge in [0.2, 0.25) is 5.36 Å². The lowest BCUT2D eigenvalue weighted by Gasteiger charge is -2.37. The van der Waals surface area contributed by atoms with Gasteiger partial charge in [-0.15, -0.1) is 0 Å². The predicted octanol–water partition coefficient (Wildman–Crippen LogP) is 7.32. The molecule has 0 atom stereocenters. The second-order valence-electron chi connectivity index (χ2n) is 14.4. The highest BCUT2D eigenvalue weighted by atomic mass is 35.5. The molecular weight excluding hydrogens is 763 g/mol. The fraction of sp³-hybridized carbons (Fsp3) is 0.310. The molecule has 0 amide bonds. The van der Waals surface area contributed by atoms with Crippen molar-refractivity contribution in [3.63, 3.8) is 0 Å². The zero-order valence-corrected chi connectivity index (χ0v) is 32.5. The summed E-state index contributed by atoms with van der Waals surface area (Å²) in [6.45, 7) is 4.89. The SMILES string of the molecule is CCCCN1CCCc2c3c(c4ccccc4c21)C(c1c(Cl)c(C(=O)O)cc(Cl)c1C(=O)O)=c1c(c2c(c4ccccc14)=[N+](CCCS(=O)(=O)O)CCC2)O3. The van der Waals surface area contributed by atoms with Gasteiger partial charge in [0.05, 0.1) is 43.6 Å². The first-order valence-electron chi connectivity index (χ1n) is 18.6. The van der Waals surface area contributed by atoms with E-state index in [-0.39, 0.29) is 38.9 Å². The fourth-order valence-electron chi connectivity index (χ4n) is 8.86. The van der Waals surface area contributed by atoms with Crippen molar-refractivity contribution in [2.24, 2.45) is 0 Å². The van der Waals surface area contributed by atoms with Crippen molar-refractivity contribution in [3.05, 3.63) is 109 Å². The Morgan fingerprint density at radius 3 is 2.25 bits per heavy atom. The van der Waals surface area contributed by atoms with Crippen LogP contribution in [0.1, 0.15) is 82.0 Å². The second-order valence-corrected chi connectivity index (χ2v) is 16.7. The minimum atomic E-state index is -4.17. The summed E-state index contributed by atoms with van der Waals surface area (Å²) in [5.74, 6) is -2.00. The highest BCUT2D eigenvalue weighted by Gasteiger charge is 2.38. The summed E-state index contributed by atoms with van der Waals surface area (Å²) in [6, 6.07) is 16.8. The molecule has 10 nitrogen and oxygen atoms in total. The summed E-state index contributed by atoms with van der Waals surface area (Å²) < 4.78 is 42.4. The Balaban J connectivity index is 1.62. The minimum Gasteiger partial charge on any atom is -0.478 e. The predicted molar refractivity (Wildman–Crippen MR) is 215 cm³/mol. The maximum atomic E-state index is 13.3.